The van der Waals surface area contributed by atoms with Crippen LogP contribution in [0.25, 0.3) is 5.69 Å². The second-order valence-corrected chi connectivity index (χ2v) is 8.67. The number of amides is 2. The van der Waals surface area contributed by atoms with Crippen LogP contribution < -0.4 is 10.2 Å². The number of aromatic nitrogens is 3. The van der Waals surface area contributed by atoms with Gasteiger partial charge in [0.2, 0.25) is 5.91 Å². The van der Waals surface area contributed by atoms with Gasteiger partial charge in [0.25, 0.3) is 5.91 Å². The zero-order chi connectivity index (χ0) is 24.1. The standard InChI is InChI=1S/C25H25N5O3S/c1-17-8-6-9-19(14-17)30-18(2)27-28-25(30)34-16-23(31)29(3)22-12-5-4-11-21(22)24(32)26-15-20-10-7-13-33-20/h4-14H,15-16H2,1-3H3,(H,26,32). The summed E-state index contributed by atoms with van der Waals surface area (Å²) < 4.78 is 7.20. The quantitative estimate of drug-likeness (QED) is 0.385. The molecule has 4 aromatic rings. The largest absolute Gasteiger partial charge is 0.467 e. The molecule has 0 unspecified atom stereocenters. The fraction of sp³-hybridized carbons (Fsp3) is 0.200. The molecule has 2 aromatic carbocycles. The van der Waals surface area contributed by atoms with E-state index in [4.69, 9.17) is 4.42 Å². The summed E-state index contributed by atoms with van der Waals surface area (Å²) in [6.07, 6.45) is 1.56. The number of anilines is 1. The molecule has 0 spiro atoms. The summed E-state index contributed by atoms with van der Waals surface area (Å²) in [5, 5.41) is 11.9. The van der Waals surface area contributed by atoms with Gasteiger partial charge in [0.15, 0.2) is 5.16 Å². The third-order valence-corrected chi connectivity index (χ3v) is 6.18. The maximum Gasteiger partial charge on any atom is 0.253 e. The number of benzene rings is 2. The zero-order valence-electron chi connectivity index (χ0n) is 19.2. The molecular weight excluding hydrogens is 450 g/mol. The van der Waals surface area contributed by atoms with Crippen molar-refractivity contribution in [3.8, 4) is 5.69 Å². The number of furan rings is 1. The summed E-state index contributed by atoms with van der Waals surface area (Å²) >= 11 is 1.31. The number of para-hydroxylation sites is 1. The van der Waals surface area contributed by atoms with Gasteiger partial charge in [-0.3, -0.25) is 14.2 Å². The molecule has 2 aromatic heterocycles. The number of rotatable bonds is 8. The normalized spacial score (nSPS) is 10.8. The van der Waals surface area contributed by atoms with Gasteiger partial charge in [-0.2, -0.15) is 0 Å². The van der Waals surface area contributed by atoms with E-state index in [1.807, 2.05) is 42.7 Å². The highest BCUT2D eigenvalue weighted by molar-refractivity contribution is 7.99. The van der Waals surface area contributed by atoms with Gasteiger partial charge in [0.05, 0.1) is 29.8 Å². The van der Waals surface area contributed by atoms with Crippen molar-refractivity contribution >= 4 is 29.3 Å². The highest BCUT2D eigenvalue weighted by Crippen LogP contribution is 2.25. The molecule has 8 nitrogen and oxygen atoms in total. The topological polar surface area (TPSA) is 93.3 Å². The van der Waals surface area contributed by atoms with Crippen LogP contribution in [0.5, 0.6) is 0 Å². The van der Waals surface area contributed by atoms with Gasteiger partial charge in [0.1, 0.15) is 11.6 Å². The minimum Gasteiger partial charge on any atom is -0.467 e. The monoisotopic (exact) mass is 475 g/mol. The van der Waals surface area contributed by atoms with Crippen molar-refractivity contribution in [3.63, 3.8) is 0 Å². The zero-order valence-corrected chi connectivity index (χ0v) is 20.0. The molecule has 9 heteroatoms. The summed E-state index contributed by atoms with van der Waals surface area (Å²) in [4.78, 5) is 27.3. The van der Waals surface area contributed by atoms with Gasteiger partial charge < -0.3 is 14.6 Å². The van der Waals surface area contributed by atoms with Crippen LogP contribution in [0.15, 0.2) is 76.5 Å². The number of hydrogen-bond donors (Lipinski definition) is 1. The molecule has 0 bridgehead atoms. The Morgan fingerprint density at radius 2 is 1.88 bits per heavy atom. The second kappa shape index (κ2) is 10.4. The van der Waals surface area contributed by atoms with Gasteiger partial charge in [-0.05, 0) is 55.8 Å². The lowest BCUT2D eigenvalue weighted by molar-refractivity contribution is -0.115. The van der Waals surface area contributed by atoms with E-state index in [1.54, 1.807) is 49.7 Å². The van der Waals surface area contributed by atoms with E-state index in [2.05, 4.69) is 15.5 Å². The number of nitrogens with one attached hydrogen (secondary N) is 1. The predicted octanol–water partition coefficient (Wildman–Crippen LogP) is 4.16. The summed E-state index contributed by atoms with van der Waals surface area (Å²) in [5.74, 6) is 1.09. The second-order valence-electron chi connectivity index (χ2n) is 7.72. The van der Waals surface area contributed by atoms with Gasteiger partial charge in [-0.25, -0.2) is 0 Å². The van der Waals surface area contributed by atoms with Crippen molar-refractivity contribution in [2.24, 2.45) is 0 Å². The van der Waals surface area contributed by atoms with E-state index >= 15 is 0 Å². The lowest BCUT2D eigenvalue weighted by Gasteiger charge is -2.20. The van der Waals surface area contributed by atoms with E-state index in [0.717, 1.165) is 17.1 Å². The number of carbonyl (C=O) groups is 2. The van der Waals surface area contributed by atoms with Crippen molar-refractivity contribution in [1.29, 1.82) is 0 Å². The Morgan fingerprint density at radius 3 is 2.65 bits per heavy atom. The fourth-order valence-corrected chi connectivity index (χ4v) is 4.40. The Balaban J connectivity index is 1.46. The van der Waals surface area contributed by atoms with E-state index in [-0.39, 0.29) is 24.1 Å². The Hall–Kier alpha value is -3.85. The minimum absolute atomic E-state index is 0.142. The maximum atomic E-state index is 13.0. The molecule has 0 radical (unpaired) electrons. The first-order valence-electron chi connectivity index (χ1n) is 10.7. The van der Waals surface area contributed by atoms with Crippen molar-refractivity contribution < 1.29 is 14.0 Å². The summed E-state index contributed by atoms with van der Waals surface area (Å²) in [5.41, 5.74) is 3.01. The molecule has 174 valence electrons. The summed E-state index contributed by atoms with van der Waals surface area (Å²) in [7, 11) is 1.66. The van der Waals surface area contributed by atoms with Crippen LogP contribution in [-0.2, 0) is 11.3 Å². The van der Waals surface area contributed by atoms with Crippen molar-refractivity contribution in [2.45, 2.75) is 25.5 Å². The summed E-state index contributed by atoms with van der Waals surface area (Å²) in [6.45, 7) is 4.17. The van der Waals surface area contributed by atoms with Crippen molar-refractivity contribution in [2.75, 3.05) is 17.7 Å². The van der Waals surface area contributed by atoms with E-state index in [9.17, 15) is 9.59 Å². The maximum absolute atomic E-state index is 13.0. The van der Waals surface area contributed by atoms with Gasteiger partial charge in [-0.15, -0.1) is 10.2 Å². The number of carbonyl (C=O) groups excluding carboxylic acids is 2. The number of aryl methyl sites for hydroxylation is 2. The Labute approximate surface area is 202 Å². The van der Waals surface area contributed by atoms with Gasteiger partial charge >= 0.3 is 0 Å². The summed E-state index contributed by atoms with van der Waals surface area (Å²) in [6, 6.07) is 18.6. The molecule has 0 fully saturated rings. The highest BCUT2D eigenvalue weighted by Gasteiger charge is 2.20. The third-order valence-electron chi connectivity index (χ3n) is 5.27. The van der Waals surface area contributed by atoms with Gasteiger partial charge in [-0.1, -0.05) is 36.0 Å². The molecular formula is C25H25N5O3S. The molecule has 0 saturated heterocycles. The van der Waals surface area contributed by atoms with E-state index < -0.39 is 0 Å². The molecule has 34 heavy (non-hydrogen) atoms. The average molecular weight is 476 g/mol. The fourth-order valence-electron chi connectivity index (χ4n) is 3.49. The van der Waals surface area contributed by atoms with Crippen LogP contribution in [-0.4, -0.2) is 39.4 Å². The molecule has 0 saturated carbocycles. The Morgan fingerprint density at radius 1 is 1.06 bits per heavy atom. The smallest absolute Gasteiger partial charge is 0.253 e. The molecule has 0 atom stereocenters. The highest BCUT2D eigenvalue weighted by atomic mass is 32.2. The molecule has 0 aliphatic heterocycles. The molecule has 0 aliphatic rings. The van der Waals surface area contributed by atoms with Crippen molar-refractivity contribution in [1.82, 2.24) is 20.1 Å². The van der Waals surface area contributed by atoms with Crippen LogP contribution >= 0.6 is 11.8 Å². The van der Waals surface area contributed by atoms with E-state index in [0.29, 0.717) is 22.2 Å². The number of nitrogens with zero attached hydrogens (tertiary/aromatic N) is 4. The van der Waals surface area contributed by atoms with Crippen LogP contribution in [0.4, 0.5) is 5.69 Å². The molecule has 2 amide bonds. The molecule has 0 aliphatic carbocycles. The molecule has 4 rings (SSSR count). The first-order valence-corrected chi connectivity index (χ1v) is 11.7. The number of hydrogen-bond acceptors (Lipinski definition) is 6. The van der Waals surface area contributed by atoms with Crippen LogP contribution in [0.2, 0.25) is 0 Å². The average Bonchev–Trinajstić information content (AvgIpc) is 3.50. The van der Waals surface area contributed by atoms with Crippen LogP contribution in [0.1, 0.15) is 27.5 Å². The van der Waals surface area contributed by atoms with E-state index in [1.165, 1.54) is 16.7 Å². The van der Waals surface area contributed by atoms with Crippen molar-refractivity contribution in [3.05, 3.63) is 89.6 Å². The number of thioether (sulfide) groups is 1. The van der Waals surface area contributed by atoms with Gasteiger partial charge in [0, 0.05) is 12.7 Å². The SMILES string of the molecule is Cc1cccc(-n2c(C)nnc2SCC(=O)N(C)c2ccccc2C(=O)NCc2ccco2)c1. The molecule has 2 heterocycles. The minimum atomic E-state index is -0.283. The Kier molecular flexibility index (Phi) is 7.12. The predicted molar refractivity (Wildman–Crippen MR) is 131 cm³/mol. The lowest BCUT2D eigenvalue weighted by atomic mass is 10.1. The lowest BCUT2D eigenvalue weighted by Crippen LogP contribution is -2.31. The Bertz CT molecular complexity index is 1300. The molecule has 1 N–H and O–H groups in total. The first kappa shape index (κ1) is 23.3. The van der Waals surface area contributed by atoms with Crippen LogP contribution in [0, 0.1) is 13.8 Å². The first-order chi connectivity index (χ1) is 16.4. The third kappa shape index (κ3) is 5.20. The van der Waals surface area contributed by atoms with Crippen LogP contribution in [0.3, 0.4) is 0 Å².